The zero-order valence-electron chi connectivity index (χ0n) is 15.8. The highest BCUT2D eigenvalue weighted by atomic mass is 16.5. The normalized spacial score (nSPS) is 15.2. The zero-order chi connectivity index (χ0) is 19.1. The molecule has 1 saturated heterocycles. The van der Waals surface area contributed by atoms with E-state index < -0.39 is 0 Å². The molecule has 0 aromatic heterocycles. The lowest BCUT2D eigenvalue weighted by Gasteiger charge is -2.32. The molecule has 1 amide bonds. The van der Waals surface area contributed by atoms with Crippen LogP contribution in [-0.2, 0) is 4.79 Å². The van der Waals surface area contributed by atoms with Gasteiger partial charge in [-0.25, -0.2) is 0 Å². The molecule has 0 spiro atoms. The molecule has 1 heterocycles. The van der Waals surface area contributed by atoms with Crippen LogP contribution >= 0.6 is 0 Å². The van der Waals surface area contributed by atoms with Crippen LogP contribution in [0.5, 0.6) is 17.2 Å². The number of para-hydroxylation sites is 2. The molecule has 0 aliphatic carbocycles. The molecule has 1 N–H and O–H groups in total. The number of amides is 1. The number of nitrogens with zero attached hydrogens (tertiary/aromatic N) is 1. The standard InChI is InChI=1S/C21H26N2O4/c1-25-18-9-6-10-19(26-2)21(18)27-17-11-13-23(14-12-17)15-20(24)22-16-7-4-3-5-8-16/h3-10,17H,11-15H2,1-2H3,(H,22,24). The maximum absolute atomic E-state index is 12.2. The highest BCUT2D eigenvalue weighted by molar-refractivity contribution is 5.92. The molecule has 1 fully saturated rings. The van der Waals surface area contributed by atoms with Gasteiger partial charge < -0.3 is 19.5 Å². The van der Waals surface area contributed by atoms with Crippen molar-refractivity contribution in [1.82, 2.24) is 4.90 Å². The zero-order valence-corrected chi connectivity index (χ0v) is 15.8. The van der Waals surface area contributed by atoms with Gasteiger partial charge in [0.05, 0.1) is 20.8 Å². The largest absolute Gasteiger partial charge is 0.493 e. The van der Waals surface area contributed by atoms with Crippen LogP contribution in [0.4, 0.5) is 5.69 Å². The van der Waals surface area contributed by atoms with Gasteiger partial charge in [-0.15, -0.1) is 0 Å². The molecule has 27 heavy (non-hydrogen) atoms. The van der Waals surface area contributed by atoms with E-state index in [1.54, 1.807) is 14.2 Å². The van der Waals surface area contributed by atoms with Gasteiger partial charge in [0.15, 0.2) is 11.5 Å². The van der Waals surface area contributed by atoms with Crippen LogP contribution in [-0.4, -0.2) is 50.8 Å². The summed E-state index contributed by atoms with van der Waals surface area (Å²) in [6.07, 6.45) is 1.77. The number of piperidine rings is 1. The number of hydrogen-bond acceptors (Lipinski definition) is 5. The predicted octanol–water partition coefficient (Wildman–Crippen LogP) is 3.19. The molecule has 144 valence electrons. The highest BCUT2D eigenvalue weighted by Crippen LogP contribution is 2.38. The maximum atomic E-state index is 12.2. The average Bonchev–Trinajstić information content (AvgIpc) is 2.70. The van der Waals surface area contributed by atoms with E-state index in [0.717, 1.165) is 31.6 Å². The summed E-state index contributed by atoms with van der Waals surface area (Å²) in [5.41, 5.74) is 0.823. The predicted molar refractivity (Wildman–Crippen MR) is 105 cm³/mol. The van der Waals surface area contributed by atoms with Crippen LogP contribution in [0, 0.1) is 0 Å². The molecule has 6 nitrogen and oxygen atoms in total. The van der Waals surface area contributed by atoms with Crippen LogP contribution in [0.3, 0.4) is 0 Å². The fraction of sp³-hybridized carbons (Fsp3) is 0.381. The van der Waals surface area contributed by atoms with Gasteiger partial charge in [-0.1, -0.05) is 24.3 Å². The van der Waals surface area contributed by atoms with Crippen LogP contribution in [0.1, 0.15) is 12.8 Å². The molecule has 2 aromatic rings. The van der Waals surface area contributed by atoms with Gasteiger partial charge in [-0.05, 0) is 37.1 Å². The molecular formula is C21H26N2O4. The molecule has 0 bridgehead atoms. The van der Waals surface area contributed by atoms with Gasteiger partial charge in [-0.3, -0.25) is 9.69 Å². The third-order valence-corrected chi connectivity index (χ3v) is 4.63. The van der Waals surface area contributed by atoms with Gasteiger partial charge in [0.1, 0.15) is 6.10 Å². The minimum Gasteiger partial charge on any atom is -0.493 e. The number of methoxy groups -OCH3 is 2. The van der Waals surface area contributed by atoms with Crippen LogP contribution in [0.15, 0.2) is 48.5 Å². The van der Waals surface area contributed by atoms with Gasteiger partial charge in [0.25, 0.3) is 0 Å². The van der Waals surface area contributed by atoms with Gasteiger partial charge in [0.2, 0.25) is 11.7 Å². The van der Waals surface area contributed by atoms with E-state index in [1.807, 2.05) is 48.5 Å². The summed E-state index contributed by atoms with van der Waals surface area (Å²) in [7, 11) is 3.24. The Morgan fingerprint density at radius 1 is 1.00 bits per heavy atom. The number of anilines is 1. The Kier molecular flexibility index (Phi) is 6.54. The molecule has 0 unspecified atom stereocenters. The van der Waals surface area contributed by atoms with Crippen molar-refractivity contribution >= 4 is 11.6 Å². The summed E-state index contributed by atoms with van der Waals surface area (Å²) in [6.45, 7) is 2.01. The average molecular weight is 370 g/mol. The van der Waals surface area contributed by atoms with Gasteiger partial charge in [-0.2, -0.15) is 0 Å². The first-order chi connectivity index (χ1) is 13.2. The molecule has 1 aliphatic heterocycles. The van der Waals surface area contributed by atoms with E-state index in [4.69, 9.17) is 14.2 Å². The lowest BCUT2D eigenvalue weighted by molar-refractivity contribution is -0.117. The smallest absolute Gasteiger partial charge is 0.238 e. The second-order valence-electron chi connectivity index (χ2n) is 6.50. The highest BCUT2D eigenvalue weighted by Gasteiger charge is 2.24. The molecule has 6 heteroatoms. The molecule has 0 radical (unpaired) electrons. The summed E-state index contributed by atoms with van der Waals surface area (Å²) in [5.74, 6) is 1.98. The fourth-order valence-corrected chi connectivity index (χ4v) is 3.21. The fourth-order valence-electron chi connectivity index (χ4n) is 3.21. The number of ether oxygens (including phenoxy) is 3. The number of rotatable bonds is 7. The van der Waals surface area contributed by atoms with Gasteiger partial charge in [0, 0.05) is 18.8 Å². The third-order valence-electron chi connectivity index (χ3n) is 4.63. The number of carbonyl (C=O) groups is 1. The number of likely N-dealkylation sites (tertiary alicyclic amines) is 1. The topological polar surface area (TPSA) is 60.0 Å². The van der Waals surface area contributed by atoms with Crippen molar-refractivity contribution in [3.63, 3.8) is 0 Å². The van der Waals surface area contributed by atoms with E-state index in [2.05, 4.69) is 10.2 Å². The summed E-state index contributed by atoms with van der Waals surface area (Å²) in [6, 6.07) is 15.1. The van der Waals surface area contributed by atoms with Crippen molar-refractivity contribution in [1.29, 1.82) is 0 Å². The first kappa shape index (κ1) is 19.0. The molecule has 0 atom stereocenters. The molecule has 0 saturated carbocycles. The minimum absolute atomic E-state index is 0.00645. The van der Waals surface area contributed by atoms with Crippen molar-refractivity contribution in [2.75, 3.05) is 39.2 Å². The number of carbonyl (C=O) groups excluding carboxylic acids is 1. The van der Waals surface area contributed by atoms with E-state index >= 15 is 0 Å². The Labute approximate surface area is 160 Å². The Morgan fingerprint density at radius 3 is 2.22 bits per heavy atom. The van der Waals surface area contributed by atoms with Crippen molar-refractivity contribution < 1.29 is 19.0 Å². The molecule has 2 aromatic carbocycles. The maximum Gasteiger partial charge on any atom is 0.238 e. The van der Waals surface area contributed by atoms with Crippen LogP contribution in [0.2, 0.25) is 0 Å². The summed E-state index contributed by atoms with van der Waals surface area (Å²) >= 11 is 0. The van der Waals surface area contributed by atoms with E-state index in [1.165, 1.54) is 0 Å². The minimum atomic E-state index is 0.00645. The van der Waals surface area contributed by atoms with E-state index in [0.29, 0.717) is 23.8 Å². The lowest BCUT2D eigenvalue weighted by Crippen LogP contribution is -2.42. The van der Waals surface area contributed by atoms with Crippen LogP contribution in [0.25, 0.3) is 0 Å². The van der Waals surface area contributed by atoms with Crippen molar-refractivity contribution in [3.8, 4) is 17.2 Å². The van der Waals surface area contributed by atoms with Crippen molar-refractivity contribution in [2.24, 2.45) is 0 Å². The number of hydrogen-bond donors (Lipinski definition) is 1. The summed E-state index contributed by atoms with van der Waals surface area (Å²) < 4.78 is 17.0. The van der Waals surface area contributed by atoms with E-state index in [-0.39, 0.29) is 12.0 Å². The monoisotopic (exact) mass is 370 g/mol. The SMILES string of the molecule is COc1cccc(OC)c1OC1CCN(CC(=O)Nc2ccccc2)CC1. The number of nitrogens with one attached hydrogen (secondary N) is 1. The van der Waals surface area contributed by atoms with Crippen molar-refractivity contribution in [2.45, 2.75) is 18.9 Å². The van der Waals surface area contributed by atoms with E-state index in [9.17, 15) is 4.79 Å². The van der Waals surface area contributed by atoms with Crippen LogP contribution < -0.4 is 19.5 Å². The molecular weight excluding hydrogens is 344 g/mol. The Morgan fingerprint density at radius 2 is 1.63 bits per heavy atom. The quantitative estimate of drug-likeness (QED) is 0.811. The van der Waals surface area contributed by atoms with Gasteiger partial charge >= 0.3 is 0 Å². The second kappa shape index (κ2) is 9.28. The van der Waals surface area contributed by atoms with Crippen molar-refractivity contribution in [3.05, 3.63) is 48.5 Å². The Balaban J connectivity index is 1.50. The molecule has 3 rings (SSSR count). The third kappa shape index (κ3) is 5.14. The number of benzene rings is 2. The first-order valence-electron chi connectivity index (χ1n) is 9.14. The molecule has 1 aliphatic rings. The summed E-state index contributed by atoms with van der Waals surface area (Å²) in [5, 5.41) is 2.93. The first-order valence-corrected chi connectivity index (χ1v) is 9.14. The Bertz CT molecular complexity index is 721. The second-order valence-corrected chi connectivity index (χ2v) is 6.50. The summed E-state index contributed by atoms with van der Waals surface area (Å²) in [4.78, 5) is 14.4. The Hall–Kier alpha value is -2.73. The lowest BCUT2D eigenvalue weighted by atomic mass is 10.1.